The van der Waals surface area contributed by atoms with Crippen LogP contribution < -0.4 is 19.1 Å². The number of rotatable bonds is 5. The molecule has 2 aliphatic heterocycles. The lowest BCUT2D eigenvalue weighted by Crippen LogP contribution is -3.14. The highest BCUT2D eigenvalue weighted by Crippen LogP contribution is 2.35. The molecule has 1 aromatic rings. The number of likely N-dealkylation sites (tertiary alicyclic amines) is 1. The van der Waals surface area contributed by atoms with Gasteiger partial charge in [-0.3, -0.25) is 0 Å². The maximum atomic E-state index is 10.1. The summed E-state index contributed by atoms with van der Waals surface area (Å²) in [7, 11) is 0. The molecule has 1 unspecified atom stereocenters. The zero-order valence-corrected chi connectivity index (χ0v) is 12.5. The summed E-state index contributed by atoms with van der Waals surface area (Å²) in [5.41, 5.74) is 0. The topological polar surface area (TPSA) is 52.4 Å². The van der Waals surface area contributed by atoms with E-state index in [4.69, 9.17) is 14.2 Å². The second-order valence-corrected chi connectivity index (χ2v) is 6.12. The summed E-state index contributed by atoms with van der Waals surface area (Å²) in [6.07, 6.45) is 2.08. The molecule has 116 valence electrons. The van der Waals surface area contributed by atoms with Crippen molar-refractivity contribution in [3.63, 3.8) is 0 Å². The molecule has 0 aliphatic carbocycles. The Morgan fingerprint density at radius 1 is 1.29 bits per heavy atom. The van der Waals surface area contributed by atoms with Gasteiger partial charge >= 0.3 is 0 Å². The van der Waals surface area contributed by atoms with Crippen LogP contribution in [0.15, 0.2) is 18.2 Å². The number of hydrogen-bond donors (Lipinski definition) is 2. The van der Waals surface area contributed by atoms with Gasteiger partial charge in [-0.25, -0.2) is 0 Å². The van der Waals surface area contributed by atoms with Gasteiger partial charge in [-0.1, -0.05) is 6.92 Å². The van der Waals surface area contributed by atoms with Crippen molar-refractivity contribution in [1.82, 2.24) is 0 Å². The lowest BCUT2D eigenvalue weighted by Gasteiger charge is -2.28. The van der Waals surface area contributed by atoms with Gasteiger partial charge in [0.25, 0.3) is 0 Å². The summed E-state index contributed by atoms with van der Waals surface area (Å²) in [5, 5.41) is 10.1. The van der Waals surface area contributed by atoms with E-state index in [0.717, 1.165) is 31.3 Å². The average molecular weight is 294 g/mol. The molecule has 0 amide bonds. The molecule has 0 radical (unpaired) electrons. The third-order valence-electron chi connectivity index (χ3n) is 4.29. The monoisotopic (exact) mass is 294 g/mol. The van der Waals surface area contributed by atoms with Gasteiger partial charge in [0.15, 0.2) is 11.5 Å². The van der Waals surface area contributed by atoms with Crippen LogP contribution in [0.5, 0.6) is 17.2 Å². The minimum Gasteiger partial charge on any atom is -0.491 e. The van der Waals surface area contributed by atoms with Crippen molar-refractivity contribution in [2.75, 3.05) is 33.0 Å². The Morgan fingerprint density at radius 2 is 2.05 bits per heavy atom. The summed E-state index contributed by atoms with van der Waals surface area (Å²) >= 11 is 0. The zero-order chi connectivity index (χ0) is 14.7. The number of aliphatic hydroxyl groups excluding tert-OH is 1. The maximum Gasteiger partial charge on any atom is 0.231 e. The molecule has 0 spiro atoms. The van der Waals surface area contributed by atoms with Gasteiger partial charge in [0.1, 0.15) is 25.0 Å². The van der Waals surface area contributed by atoms with Crippen molar-refractivity contribution in [2.24, 2.45) is 5.92 Å². The Hall–Kier alpha value is -1.46. The van der Waals surface area contributed by atoms with Gasteiger partial charge in [-0.2, -0.15) is 0 Å². The van der Waals surface area contributed by atoms with Gasteiger partial charge < -0.3 is 24.2 Å². The average Bonchev–Trinajstić information content (AvgIpc) is 2.95. The predicted molar refractivity (Wildman–Crippen MR) is 78.0 cm³/mol. The summed E-state index contributed by atoms with van der Waals surface area (Å²) in [5.74, 6) is 2.99. The molecule has 0 bridgehead atoms. The highest BCUT2D eigenvalue weighted by Gasteiger charge is 2.22. The van der Waals surface area contributed by atoms with Crippen LogP contribution >= 0.6 is 0 Å². The van der Waals surface area contributed by atoms with E-state index >= 15 is 0 Å². The first-order chi connectivity index (χ1) is 10.2. The Balaban J connectivity index is 1.44. The molecule has 2 heterocycles. The smallest absolute Gasteiger partial charge is 0.231 e. The molecule has 1 saturated heterocycles. The van der Waals surface area contributed by atoms with Crippen LogP contribution in [0, 0.1) is 5.92 Å². The maximum absolute atomic E-state index is 10.1. The fourth-order valence-electron chi connectivity index (χ4n) is 2.93. The highest BCUT2D eigenvalue weighted by molar-refractivity contribution is 5.46. The molecule has 5 nitrogen and oxygen atoms in total. The second-order valence-electron chi connectivity index (χ2n) is 6.12. The number of quaternary nitrogens is 1. The first-order valence-corrected chi connectivity index (χ1v) is 7.75. The minimum absolute atomic E-state index is 0.262. The lowest BCUT2D eigenvalue weighted by atomic mass is 9.99. The highest BCUT2D eigenvalue weighted by atomic mass is 16.7. The molecule has 2 aliphatic rings. The quantitative estimate of drug-likeness (QED) is 0.829. The van der Waals surface area contributed by atoms with Gasteiger partial charge in [0.2, 0.25) is 6.79 Å². The summed E-state index contributed by atoms with van der Waals surface area (Å²) in [6, 6.07) is 5.49. The van der Waals surface area contributed by atoms with Crippen molar-refractivity contribution in [2.45, 2.75) is 25.9 Å². The third-order valence-corrected chi connectivity index (χ3v) is 4.29. The molecule has 5 heteroatoms. The number of benzene rings is 1. The number of piperidine rings is 1. The molecule has 1 atom stereocenters. The van der Waals surface area contributed by atoms with Crippen LogP contribution in [0.4, 0.5) is 0 Å². The van der Waals surface area contributed by atoms with Gasteiger partial charge in [-0.05, 0) is 30.9 Å². The SMILES string of the molecule is CC1CC[NH+](CC(O)COc2ccc3c(c2)OCO3)CC1. The third kappa shape index (κ3) is 3.80. The normalized spacial score (nSPS) is 25.6. The van der Waals surface area contributed by atoms with Crippen LogP contribution in [0.3, 0.4) is 0 Å². The molecule has 2 N–H and O–H groups in total. The standard InChI is InChI=1S/C16H23NO4/c1-12-4-6-17(7-5-12)9-13(18)10-19-14-2-3-15-16(8-14)21-11-20-15/h2-3,8,12-13,18H,4-7,9-11H2,1H3/p+1. The van der Waals surface area contributed by atoms with E-state index < -0.39 is 6.10 Å². The zero-order valence-electron chi connectivity index (χ0n) is 12.5. The molecule has 0 aromatic heterocycles. The summed E-state index contributed by atoms with van der Waals surface area (Å²) in [4.78, 5) is 1.48. The van der Waals surface area contributed by atoms with E-state index in [1.165, 1.54) is 17.7 Å². The molecule has 1 aromatic carbocycles. The molecular formula is C16H24NO4+. The Kier molecular flexibility index (Phi) is 4.51. The van der Waals surface area contributed by atoms with E-state index in [9.17, 15) is 5.11 Å². The molecular weight excluding hydrogens is 270 g/mol. The van der Waals surface area contributed by atoms with Crippen LogP contribution in [-0.2, 0) is 0 Å². The number of aliphatic hydroxyl groups is 1. The Morgan fingerprint density at radius 3 is 2.86 bits per heavy atom. The fraction of sp³-hybridized carbons (Fsp3) is 0.625. The molecule has 21 heavy (non-hydrogen) atoms. The van der Waals surface area contributed by atoms with Gasteiger partial charge in [0.05, 0.1) is 13.1 Å². The molecule has 1 fully saturated rings. The van der Waals surface area contributed by atoms with Crippen molar-refractivity contribution in [3.8, 4) is 17.2 Å². The van der Waals surface area contributed by atoms with E-state index in [1.807, 2.05) is 18.2 Å². The van der Waals surface area contributed by atoms with Gasteiger partial charge in [0, 0.05) is 6.07 Å². The van der Waals surface area contributed by atoms with Crippen LogP contribution in [0.1, 0.15) is 19.8 Å². The Bertz CT molecular complexity index is 471. The van der Waals surface area contributed by atoms with Crippen LogP contribution in [-0.4, -0.2) is 44.2 Å². The van der Waals surface area contributed by atoms with Crippen molar-refractivity contribution >= 4 is 0 Å². The van der Waals surface area contributed by atoms with E-state index in [-0.39, 0.29) is 6.79 Å². The van der Waals surface area contributed by atoms with Crippen LogP contribution in [0.25, 0.3) is 0 Å². The summed E-state index contributed by atoms with van der Waals surface area (Å²) < 4.78 is 16.2. The first kappa shape index (κ1) is 14.5. The Labute approximate surface area is 125 Å². The second kappa shape index (κ2) is 6.54. The molecule has 0 saturated carbocycles. The molecule has 3 rings (SSSR count). The fourth-order valence-corrected chi connectivity index (χ4v) is 2.93. The van der Waals surface area contributed by atoms with Crippen molar-refractivity contribution in [3.05, 3.63) is 18.2 Å². The van der Waals surface area contributed by atoms with E-state index in [2.05, 4.69) is 6.92 Å². The van der Waals surface area contributed by atoms with E-state index in [0.29, 0.717) is 18.1 Å². The predicted octanol–water partition coefficient (Wildman–Crippen LogP) is 0.470. The number of ether oxygens (including phenoxy) is 3. The number of fused-ring (bicyclic) bond motifs is 1. The minimum atomic E-state index is -0.432. The van der Waals surface area contributed by atoms with Gasteiger partial charge in [-0.15, -0.1) is 0 Å². The first-order valence-electron chi connectivity index (χ1n) is 7.75. The van der Waals surface area contributed by atoms with Crippen LogP contribution in [0.2, 0.25) is 0 Å². The lowest BCUT2D eigenvalue weighted by molar-refractivity contribution is -0.909. The van der Waals surface area contributed by atoms with Crippen molar-refractivity contribution < 1.29 is 24.2 Å². The number of nitrogens with one attached hydrogen (secondary N) is 1. The van der Waals surface area contributed by atoms with Crippen molar-refractivity contribution in [1.29, 1.82) is 0 Å². The largest absolute Gasteiger partial charge is 0.491 e. The summed E-state index contributed by atoms with van der Waals surface area (Å²) in [6.45, 7) is 5.95. The number of hydrogen-bond acceptors (Lipinski definition) is 4. The van der Waals surface area contributed by atoms with E-state index in [1.54, 1.807) is 0 Å².